The number of aromatic nitrogens is 1. The van der Waals surface area contributed by atoms with Crippen LogP contribution >= 0.6 is 0 Å². The number of hydrogen-bond donors (Lipinski definition) is 2. The van der Waals surface area contributed by atoms with Crippen LogP contribution in [0.15, 0.2) is 42.7 Å². The van der Waals surface area contributed by atoms with Gasteiger partial charge < -0.3 is 20.3 Å². The highest BCUT2D eigenvalue weighted by Crippen LogP contribution is 2.20. The molecule has 0 fully saturated rings. The number of nitrogens with one attached hydrogen (secondary N) is 2. The van der Waals surface area contributed by atoms with E-state index < -0.39 is 0 Å². The summed E-state index contributed by atoms with van der Waals surface area (Å²) in [6.45, 7) is 5.38. The first kappa shape index (κ1) is 18.7. The molecule has 0 saturated heterocycles. The number of hydrogen-bond acceptors (Lipinski definition) is 5. The number of ether oxygens (including phenoxy) is 1. The van der Waals surface area contributed by atoms with Crippen molar-refractivity contribution in [1.82, 2.24) is 15.2 Å². The van der Waals surface area contributed by atoms with Crippen molar-refractivity contribution < 1.29 is 9.53 Å². The summed E-state index contributed by atoms with van der Waals surface area (Å²) in [6, 6.07) is 9.47. The maximum absolute atomic E-state index is 12.2. The van der Waals surface area contributed by atoms with Crippen LogP contribution in [0.3, 0.4) is 0 Å². The molecule has 1 aromatic heterocycles. The second-order valence-corrected chi connectivity index (χ2v) is 6.34. The molecular weight excluding hydrogens is 316 g/mol. The topological polar surface area (TPSA) is 66.5 Å². The Morgan fingerprint density at radius 1 is 1.16 bits per heavy atom. The third-order valence-electron chi connectivity index (χ3n) is 3.36. The molecule has 1 heterocycles. The van der Waals surface area contributed by atoms with Gasteiger partial charge in [-0.05, 0) is 58.3 Å². The smallest absolute Gasteiger partial charge is 0.252 e. The summed E-state index contributed by atoms with van der Waals surface area (Å²) in [6.07, 6.45) is 3.40. The number of carbonyl (C=O) groups excluding carboxylic acids is 1. The van der Waals surface area contributed by atoms with E-state index in [4.69, 9.17) is 4.74 Å². The number of benzene rings is 1. The molecule has 6 nitrogen and oxygen atoms in total. The highest BCUT2D eigenvalue weighted by atomic mass is 16.5. The Bertz CT molecular complexity index is 684. The molecule has 0 radical (unpaired) electrons. The minimum Gasteiger partial charge on any atom is -0.491 e. The van der Waals surface area contributed by atoms with E-state index in [9.17, 15) is 4.79 Å². The van der Waals surface area contributed by atoms with Gasteiger partial charge in [0.25, 0.3) is 5.91 Å². The first-order valence-electron chi connectivity index (χ1n) is 8.36. The maximum atomic E-state index is 12.2. The largest absolute Gasteiger partial charge is 0.491 e. The van der Waals surface area contributed by atoms with Crippen molar-refractivity contribution in [2.75, 3.05) is 32.5 Å². The van der Waals surface area contributed by atoms with Crippen LogP contribution in [-0.4, -0.2) is 49.1 Å². The predicted molar refractivity (Wildman–Crippen MR) is 101 cm³/mol. The Morgan fingerprint density at radius 2 is 1.88 bits per heavy atom. The fourth-order valence-corrected chi connectivity index (χ4v) is 2.18. The lowest BCUT2D eigenvalue weighted by molar-refractivity contribution is 0.0950. The minimum absolute atomic E-state index is 0.126. The Kier molecular flexibility index (Phi) is 6.77. The van der Waals surface area contributed by atoms with Crippen LogP contribution in [0.4, 0.5) is 11.4 Å². The zero-order valence-electron chi connectivity index (χ0n) is 15.2. The molecule has 0 aliphatic carbocycles. The Labute approximate surface area is 149 Å². The van der Waals surface area contributed by atoms with Crippen molar-refractivity contribution >= 4 is 17.3 Å². The Hall–Kier alpha value is -2.60. The lowest BCUT2D eigenvalue weighted by Gasteiger charge is -2.12. The Balaban J connectivity index is 1.97. The van der Waals surface area contributed by atoms with E-state index in [1.54, 1.807) is 18.5 Å². The molecule has 0 spiro atoms. The molecule has 0 unspecified atom stereocenters. The van der Waals surface area contributed by atoms with Crippen molar-refractivity contribution in [3.8, 4) is 5.75 Å². The van der Waals surface area contributed by atoms with Crippen molar-refractivity contribution in [1.29, 1.82) is 0 Å². The molecule has 134 valence electrons. The Morgan fingerprint density at radius 3 is 2.52 bits per heavy atom. The van der Waals surface area contributed by atoms with Gasteiger partial charge in [0.1, 0.15) is 5.75 Å². The second-order valence-electron chi connectivity index (χ2n) is 6.34. The summed E-state index contributed by atoms with van der Waals surface area (Å²) >= 11 is 0. The lowest BCUT2D eigenvalue weighted by Crippen LogP contribution is -2.31. The average Bonchev–Trinajstić information content (AvgIpc) is 2.56. The van der Waals surface area contributed by atoms with Crippen molar-refractivity contribution in [2.45, 2.75) is 20.0 Å². The number of anilines is 2. The van der Waals surface area contributed by atoms with Crippen LogP contribution in [0.5, 0.6) is 5.75 Å². The van der Waals surface area contributed by atoms with Gasteiger partial charge in [0.15, 0.2) is 0 Å². The van der Waals surface area contributed by atoms with Crippen LogP contribution in [0, 0.1) is 0 Å². The van der Waals surface area contributed by atoms with Gasteiger partial charge in [-0.1, -0.05) is 0 Å². The van der Waals surface area contributed by atoms with E-state index in [0.717, 1.165) is 23.7 Å². The molecule has 0 atom stereocenters. The SMILES string of the molecule is CC(C)Oc1ccc(Nc2cncc(C(=O)NCCN(C)C)c2)cc1. The van der Waals surface area contributed by atoms with E-state index in [-0.39, 0.29) is 12.0 Å². The van der Waals surface area contributed by atoms with E-state index in [0.29, 0.717) is 12.1 Å². The number of nitrogens with zero attached hydrogens (tertiary/aromatic N) is 2. The third kappa shape index (κ3) is 6.43. The van der Waals surface area contributed by atoms with Gasteiger partial charge in [-0.25, -0.2) is 0 Å². The first-order valence-corrected chi connectivity index (χ1v) is 8.36. The quantitative estimate of drug-likeness (QED) is 0.772. The molecule has 2 aromatic rings. The number of likely N-dealkylation sites (N-methyl/N-ethyl adjacent to an activating group) is 1. The number of rotatable bonds is 8. The van der Waals surface area contributed by atoms with Crippen molar-refractivity contribution in [3.63, 3.8) is 0 Å². The summed E-state index contributed by atoms with van der Waals surface area (Å²) < 4.78 is 5.63. The first-order chi connectivity index (χ1) is 11.9. The third-order valence-corrected chi connectivity index (χ3v) is 3.36. The molecular formula is C19H26N4O2. The molecule has 2 N–H and O–H groups in total. The summed E-state index contributed by atoms with van der Waals surface area (Å²) in [5, 5.41) is 6.13. The average molecular weight is 342 g/mol. The highest BCUT2D eigenvalue weighted by Gasteiger charge is 2.07. The van der Waals surface area contributed by atoms with Crippen molar-refractivity contribution in [2.24, 2.45) is 0 Å². The van der Waals surface area contributed by atoms with Gasteiger partial charge in [0.2, 0.25) is 0 Å². The van der Waals surface area contributed by atoms with Crippen LogP contribution in [0.1, 0.15) is 24.2 Å². The summed E-state index contributed by atoms with van der Waals surface area (Å²) in [7, 11) is 3.94. The van der Waals surface area contributed by atoms with Gasteiger partial charge in [0.05, 0.1) is 23.6 Å². The standard InChI is InChI=1S/C19H26N4O2/c1-14(2)25-18-7-5-16(6-8-18)22-17-11-15(12-20-13-17)19(24)21-9-10-23(3)4/h5-8,11-14,22H,9-10H2,1-4H3,(H,21,24). The molecule has 0 aliphatic heterocycles. The molecule has 2 rings (SSSR count). The molecule has 0 bridgehead atoms. The fraction of sp³-hybridized carbons (Fsp3) is 0.368. The van der Waals surface area contributed by atoms with Gasteiger partial charge in [-0.15, -0.1) is 0 Å². The van der Waals surface area contributed by atoms with E-state index >= 15 is 0 Å². The summed E-state index contributed by atoms with van der Waals surface area (Å²) in [4.78, 5) is 18.3. The van der Waals surface area contributed by atoms with E-state index in [1.807, 2.05) is 57.1 Å². The molecule has 6 heteroatoms. The number of pyridine rings is 1. The molecule has 0 saturated carbocycles. The van der Waals surface area contributed by atoms with Crippen LogP contribution < -0.4 is 15.4 Å². The van der Waals surface area contributed by atoms with Crippen molar-refractivity contribution in [3.05, 3.63) is 48.3 Å². The lowest BCUT2D eigenvalue weighted by atomic mass is 10.2. The zero-order valence-corrected chi connectivity index (χ0v) is 15.2. The van der Waals surface area contributed by atoms with Crippen LogP contribution in [0.25, 0.3) is 0 Å². The minimum atomic E-state index is -0.126. The molecule has 0 aliphatic rings. The summed E-state index contributed by atoms with van der Waals surface area (Å²) in [5.41, 5.74) is 2.20. The van der Waals surface area contributed by atoms with E-state index in [2.05, 4.69) is 15.6 Å². The van der Waals surface area contributed by atoms with Gasteiger partial charge in [0, 0.05) is 25.0 Å². The van der Waals surface area contributed by atoms with Gasteiger partial charge in [-0.2, -0.15) is 0 Å². The van der Waals surface area contributed by atoms with Gasteiger partial charge >= 0.3 is 0 Å². The van der Waals surface area contributed by atoms with E-state index in [1.165, 1.54) is 0 Å². The molecule has 1 amide bonds. The molecule has 25 heavy (non-hydrogen) atoms. The van der Waals surface area contributed by atoms with Crippen LogP contribution in [0.2, 0.25) is 0 Å². The number of carbonyl (C=O) groups is 1. The normalized spacial score (nSPS) is 10.8. The summed E-state index contributed by atoms with van der Waals surface area (Å²) in [5.74, 6) is 0.700. The monoisotopic (exact) mass is 342 g/mol. The van der Waals surface area contributed by atoms with Gasteiger partial charge in [-0.3, -0.25) is 9.78 Å². The highest BCUT2D eigenvalue weighted by molar-refractivity contribution is 5.94. The number of amides is 1. The fourth-order valence-electron chi connectivity index (χ4n) is 2.18. The zero-order chi connectivity index (χ0) is 18.2. The maximum Gasteiger partial charge on any atom is 0.252 e. The van der Waals surface area contributed by atoms with Crippen LogP contribution in [-0.2, 0) is 0 Å². The second kappa shape index (κ2) is 9.03. The predicted octanol–water partition coefficient (Wildman–Crippen LogP) is 2.90. The molecule has 1 aromatic carbocycles.